The fraction of sp³-hybridized carbons (Fsp3) is 0.625. The van der Waals surface area contributed by atoms with Gasteiger partial charge in [-0.2, -0.15) is 0 Å². The smallest absolute Gasteiger partial charge is 0.0675 e. The first kappa shape index (κ1) is 28.1. The van der Waals surface area contributed by atoms with Gasteiger partial charge in [0.15, 0.2) is 0 Å². The van der Waals surface area contributed by atoms with Crippen LogP contribution >= 0.6 is 0 Å². The molecule has 5 rings (SSSR count). The predicted octanol–water partition coefficient (Wildman–Crippen LogP) is 7.17. The van der Waals surface area contributed by atoms with E-state index < -0.39 is 32.3 Å². The maximum absolute atomic E-state index is 2.67. The minimum Gasteiger partial charge on any atom is -0.0675 e. The first-order valence-corrected chi connectivity index (χ1v) is 26.5. The van der Waals surface area contributed by atoms with Crippen molar-refractivity contribution in [2.24, 2.45) is 0 Å². The molecule has 3 aliphatic heterocycles. The van der Waals surface area contributed by atoms with Gasteiger partial charge in [0, 0.05) is 9.52 Å². The van der Waals surface area contributed by atoms with E-state index in [0.717, 1.165) is 0 Å². The average molecular weight is 577 g/mol. The molecule has 0 amide bonds. The van der Waals surface area contributed by atoms with Gasteiger partial charge in [0.05, 0.1) is 32.3 Å². The molecule has 0 aliphatic carbocycles. The second-order valence-corrected chi connectivity index (χ2v) is 37.5. The minimum atomic E-state index is -1.65. The largest absolute Gasteiger partial charge is 0.0869 e. The molecule has 2 aromatic rings. The molecular formula is C32H52Si5. The summed E-state index contributed by atoms with van der Waals surface area (Å²) in [5, 5.41) is 7.82. The predicted molar refractivity (Wildman–Crippen MR) is 179 cm³/mol. The van der Waals surface area contributed by atoms with Crippen molar-refractivity contribution in [2.45, 2.75) is 125 Å². The molecule has 0 saturated carbocycles. The van der Waals surface area contributed by atoms with Crippen molar-refractivity contribution >= 4 is 62.6 Å². The fourth-order valence-corrected chi connectivity index (χ4v) is 60.9. The fourth-order valence-electron chi connectivity index (χ4n) is 11.7. The molecule has 2 radical (unpaired) electrons. The Kier molecular flexibility index (Phi) is 7.26. The van der Waals surface area contributed by atoms with Crippen molar-refractivity contribution in [2.75, 3.05) is 0 Å². The summed E-state index contributed by atoms with van der Waals surface area (Å²) in [6.45, 7) is 21.1. The van der Waals surface area contributed by atoms with Gasteiger partial charge in [-0.05, 0) is 8.57 Å². The molecule has 1 saturated heterocycles. The Morgan fingerprint density at radius 3 is 0.865 bits per heavy atom. The van der Waals surface area contributed by atoms with Crippen molar-refractivity contribution in [3.05, 3.63) is 48.5 Å². The Morgan fingerprint density at radius 2 is 0.676 bits per heavy atom. The van der Waals surface area contributed by atoms with E-state index in [9.17, 15) is 0 Å². The van der Waals surface area contributed by atoms with E-state index >= 15 is 0 Å². The first-order valence-electron chi connectivity index (χ1n) is 15.8. The number of fused-ring (bicyclic) bond motifs is 2. The van der Waals surface area contributed by atoms with Crippen LogP contribution in [0.3, 0.4) is 0 Å². The van der Waals surface area contributed by atoms with E-state index in [1.807, 2.05) is 20.7 Å². The van der Waals surface area contributed by atoms with Gasteiger partial charge in [0.1, 0.15) is 0 Å². The van der Waals surface area contributed by atoms with Crippen LogP contribution in [0.5, 0.6) is 0 Å². The Bertz CT molecular complexity index is 970. The molecule has 3 aliphatic rings. The minimum absolute atomic E-state index is 0.698. The van der Waals surface area contributed by atoms with Gasteiger partial charge in [0.2, 0.25) is 0 Å². The van der Waals surface area contributed by atoms with E-state index in [4.69, 9.17) is 0 Å². The van der Waals surface area contributed by atoms with Crippen LogP contribution in [-0.4, -0.2) is 41.8 Å². The van der Waals surface area contributed by atoms with Crippen LogP contribution in [0.15, 0.2) is 48.5 Å². The molecule has 2 aromatic carbocycles. The normalized spacial score (nSPS) is 24.4. The molecule has 1 fully saturated rings. The van der Waals surface area contributed by atoms with Gasteiger partial charge in [-0.25, -0.2) is 0 Å². The van der Waals surface area contributed by atoms with Crippen molar-refractivity contribution < 1.29 is 0 Å². The van der Waals surface area contributed by atoms with Gasteiger partial charge < -0.3 is 0 Å². The summed E-state index contributed by atoms with van der Waals surface area (Å²) in [5.41, 5.74) is 0. The standard InChI is InChI=1S/C32H52Si5/c1-9-34(10-2)27-21-17-18-22-28(27)35(11-3,12-4)31(34)25-26-32(33-31)36(13-5,14-6)29-23-19-20-24-30(29)37(32,15-7)16-8/h17-24H,9-16,25-26H2,1-8H3. The summed E-state index contributed by atoms with van der Waals surface area (Å²) < 4.78 is 1.40. The van der Waals surface area contributed by atoms with Crippen LogP contribution in [-0.2, 0) is 0 Å². The zero-order valence-electron chi connectivity index (χ0n) is 25.2. The highest BCUT2D eigenvalue weighted by Crippen LogP contribution is 2.72. The molecule has 200 valence electrons. The van der Waals surface area contributed by atoms with Gasteiger partial charge in [-0.1, -0.05) is 186 Å². The highest BCUT2D eigenvalue weighted by Gasteiger charge is 2.79. The third-order valence-corrected chi connectivity index (χ3v) is 51.2. The van der Waals surface area contributed by atoms with Crippen LogP contribution < -0.4 is 20.7 Å². The average Bonchev–Trinajstić information content (AvgIpc) is 3.52. The lowest BCUT2D eigenvalue weighted by Gasteiger charge is -2.56. The topological polar surface area (TPSA) is 0 Å². The van der Waals surface area contributed by atoms with Gasteiger partial charge >= 0.3 is 0 Å². The van der Waals surface area contributed by atoms with E-state index in [1.165, 1.54) is 57.9 Å². The van der Waals surface area contributed by atoms with Crippen LogP contribution in [0.2, 0.25) is 56.9 Å². The molecule has 0 atom stereocenters. The van der Waals surface area contributed by atoms with Crippen LogP contribution in [0.4, 0.5) is 0 Å². The van der Waals surface area contributed by atoms with Crippen molar-refractivity contribution in [1.82, 2.24) is 0 Å². The van der Waals surface area contributed by atoms with E-state index in [0.29, 0.717) is 8.57 Å². The molecule has 0 bridgehead atoms. The Hall–Kier alpha value is -0.476. The zero-order valence-corrected chi connectivity index (χ0v) is 30.2. The van der Waals surface area contributed by atoms with Crippen LogP contribution in [0.25, 0.3) is 0 Å². The molecule has 0 nitrogen and oxygen atoms in total. The first-order chi connectivity index (χ1) is 17.9. The Labute approximate surface area is 235 Å². The maximum Gasteiger partial charge on any atom is 0.0869 e. The SMILES string of the molecule is CC[Si]1(CC)c2ccccc2[Si](CC)(CC)C12CCC1([Si]2)[Si](CC)(CC)c2ccccc2[Si]1(CC)CC. The van der Waals surface area contributed by atoms with E-state index in [1.54, 1.807) is 12.8 Å². The highest BCUT2D eigenvalue weighted by atomic mass is 28.5. The molecule has 2 spiro atoms. The summed E-state index contributed by atoms with van der Waals surface area (Å²) in [5.74, 6) is 0. The highest BCUT2D eigenvalue weighted by molar-refractivity contribution is 7.32. The summed E-state index contributed by atoms with van der Waals surface area (Å²) in [7, 11) is -5.34. The van der Waals surface area contributed by atoms with E-state index in [-0.39, 0.29) is 0 Å². The number of rotatable bonds is 8. The second kappa shape index (κ2) is 9.57. The molecule has 0 N–H and O–H groups in total. The van der Waals surface area contributed by atoms with Gasteiger partial charge in [-0.3, -0.25) is 0 Å². The summed E-state index contributed by atoms with van der Waals surface area (Å²) in [6.07, 6.45) is 3.19. The van der Waals surface area contributed by atoms with Crippen LogP contribution in [0.1, 0.15) is 68.2 Å². The van der Waals surface area contributed by atoms with Gasteiger partial charge in [-0.15, -0.1) is 0 Å². The zero-order chi connectivity index (χ0) is 26.7. The summed E-state index contributed by atoms with van der Waals surface area (Å²) >= 11 is 0. The van der Waals surface area contributed by atoms with Crippen molar-refractivity contribution in [1.29, 1.82) is 0 Å². The van der Waals surface area contributed by atoms with Crippen molar-refractivity contribution in [3.8, 4) is 0 Å². The monoisotopic (exact) mass is 576 g/mol. The summed E-state index contributed by atoms with van der Waals surface area (Å²) in [6, 6.07) is 32.2. The molecule has 37 heavy (non-hydrogen) atoms. The quantitative estimate of drug-likeness (QED) is 0.292. The molecule has 0 aromatic heterocycles. The third-order valence-electron chi connectivity index (χ3n) is 13.3. The molecule has 0 unspecified atom stereocenters. The van der Waals surface area contributed by atoms with E-state index in [2.05, 4.69) is 104 Å². The number of hydrogen-bond acceptors (Lipinski definition) is 0. The lowest BCUT2D eigenvalue weighted by atomic mass is 10.4. The van der Waals surface area contributed by atoms with Crippen LogP contribution in [0, 0.1) is 0 Å². The Balaban J connectivity index is 1.87. The summed E-state index contributed by atoms with van der Waals surface area (Å²) in [4.78, 5) is 0. The molecule has 5 heteroatoms. The maximum atomic E-state index is 2.67. The lowest BCUT2D eigenvalue weighted by molar-refractivity contribution is 0.753. The molecular weight excluding hydrogens is 525 g/mol. The van der Waals surface area contributed by atoms with Crippen molar-refractivity contribution in [3.63, 3.8) is 0 Å². The second-order valence-electron chi connectivity index (χ2n) is 12.7. The van der Waals surface area contributed by atoms with Gasteiger partial charge in [0.25, 0.3) is 0 Å². The lowest BCUT2D eigenvalue weighted by Crippen LogP contribution is -2.68. The Morgan fingerprint density at radius 1 is 0.459 bits per heavy atom. The number of benzene rings is 2. The third kappa shape index (κ3) is 2.84. The number of hydrogen-bond donors (Lipinski definition) is 0. The molecule has 3 heterocycles.